The van der Waals surface area contributed by atoms with Gasteiger partial charge in [0.2, 0.25) is 0 Å². The SMILES string of the molecule is Cc1ccc(C(N)CCCS(C)(=O)=O)cc1. The Morgan fingerprint density at radius 2 is 1.81 bits per heavy atom. The number of hydrogen-bond acceptors (Lipinski definition) is 3. The van der Waals surface area contributed by atoms with Gasteiger partial charge in [-0.15, -0.1) is 0 Å². The smallest absolute Gasteiger partial charge is 0.147 e. The van der Waals surface area contributed by atoms with E-state index in [4.69, 9.17) is 5.73 Å². The molecular weight excluding hydrogens is 222 g/mol. The summed E-state index contributed by atoms with van der Waals surface area (Å²) in [6, 6.07) is 7.97. The molecule has 0 bridgehead atoms. The number of benzene rings is 1. The van der Waals surface area contributed by atoms with Crippen molar-refractivity contribution in [1.29, 1.82) is 0 Å². The van der Waals surface area contributed by atoms with Crippen molar-refractivity contribution < 1.29 is 8.42 Å². The molecule has 0 aliphatic rings. The van der Waals surface area contributed by atoms with Crippen LogP contribution in [0.2, 0.25) is 0 Å². The summed E-state index contributed by atoms with van der Waals surface area (Å²) in [5, 5.41) is 0. The predicted molar refractivity (Wildman–Crippen MR) is 67.1 cm³/mol. The fourth-order valence-corrected chi connectivity index (χ4v) is 2.24. The van der Waals surface area contributed by atoms with Crippen LogP contribution in [0.5, 0.6) is 0 Å². The van der Waals surface area contributed by atoms with E-state index in [-0.39, 0.29) is 11.8 Å². The van der Waals surface area contributed by atoms with E-state index in [2.05, 4.69) is 0 Å². The van der Waals surface area contributed by atoms with E-state index in [0.29, 0.717) is 12.8 Å². The Morgan fingerprint density at radius 3 is 2.31 bits per heavy atom. The van der Waals surface area contributed by atoms with Crippen LogP contribution in [0.25, 0.3) is 0 Å². The molecule has 0 saturated heterocycles. The minimum absolute atomic E-state index is 0.0673. The molecule has 3 nitrogen and oxygen atoms in total. The van der Waals surface area contributed by atoms with Crippen molar-refractivity contribution in [2.24, 2.45) is 5.73 Å². The van der Waals surface area contributed by atoms with E-state index in [0.717, 1.165) is 5.56 Å². The van der Waals surface area contributed by atoms with E-state index >= 15 is 0 Å². The first-order valence-corrected chi connectivity index (χ1v) is 7.44. The number of rotatable bonds is 5. The van der Waals surface area contributed by atoms with Crippen molar-refractivity contribution >= 4 is 9.84 Å². The summed E-state index contributed by atoms with van der Waals surface area (Å²) in [5.74, 6) is 0.215. The standard InChI is InChI=1S/C12H19NO2S/c1-10-5-7-11(8-6-10)12(13)4-3-9-16(2,14)15/h5-8,12H,3-4,9,13H2,1-2H3. The third-order valence-corrected chi connectivity index (χ3v) is 3.57. The lowest BCUT2D eigenvalue weighted by Gasteiger charge is -2.11. The normalized spacial score (nSPS) is 13.7. The zero-order valence-corrected chi connectivity index (χ0v) is 10.6. The highest BCUT2D eigenvalue weighted by Crippen LogP contribution is 2.16. The molecule has 0 heterocycles. The van der Waals surface area contributed by atoms with Crippen LogP contribution >= 0.6 is 0 Å². The van der Waals surface area contributed by atoms with Crippen LogP contribution in [-0.4, -0.2) is 20.4 Å². The topological polar surface area (TPSA) is 60.2 Å². The third-order valence-electron chi connectivity index (χ3n) is 2.54. The molecule has 0 aliphatic heterocycles. The molecule has 0 fully saturated rings. The van der Waals surface area contributed by atoms with Crippen LogP contribution in [-0.2, 0) is 9.84 Å². The van der Waals surface area contributed by atoms with Gasteiger partial charge < -0.3 is 5.73 Å². The van der Waals surface area contributed by atoms with Gasteiger partial charge in [-0.1, -0.05) is 29.8 Å². The molecule has 2 N–H and O–H groups in total. The summed E-state index contributed by atoms with van der Waals surface area (Å²) in [4.78, 5) is 0. The second-order valence-corrected chi connectivity index (χ2v) is 6.55. The first-order valence-electron chi connectivity index (χ1n) is 5.38. The Balaban J connectivity index is 2.47. The highest BCUT2D eigenvalue weighted by atomic mass is 32.2. The van der Waals surface area contributed by atoms with Crippen LogP contribution in [0.3, 0.4) is 0 Å². The van der Waals surface area contributed by atoms with Gasteiger partial charge >= 0.3 is 0 Å². The molecule has 1 aromatic rings. The summed E-state index contributed by atoms with van der Waals surface area (Å²) in [6.45, 7) is 2.03. The maximum atomic E-state index is 11.0. The lowest BCUT2D eigenvalue weighted by atomic mass is 10.0. The largest absolute Gasteiger partial charge is 0.324 e. The van der Waals surface area contributed by atoms with Gasteiger partial charge in [-0.2, -0.15) is 0 Å². The molecule has 16 heavy (non-hydrogen) atoms. The molecule has 4 heteroatoms. The van der Waals surface area contributed by atoms with E-state index in [9.17, 15) is 8.42 Å². The lowest BCUT2D eigenvalue weighted by molar-refractivity contribution is 0.588. The van der Waals surface area contributed by atoms with Crippen molar-refractivity contribution in [3.63, 3.8) is 0 Å². The quantitative estimate of drug-likeness (QED) is 0.855. The Labute approximate surface area is 97.6 Å². The molecule has 0 spiro atoms. The van der Waals surface area contributed by atoms with E-state index in [1.54, 1.807) is 0 Å². The first kappa shape index (κ1) is 13.2. The van der Waals surface area contributed by atoms with E-state index < -0.39 is 9.84 Å². The second-order valence-electron chi connectivity index (χ2n) is 4.29. The van der Waals surface area contributed by atoms with E-state index in [1.807, 2.05) is 31.2 Å². The van der Waals surface area contributed by atoms with E-state index in [1.165, 1.54) is 11.8 Å². The average molecular weight is 241 g/mol. The summed E-state index contributed by atoms with van der Waals surface area (Å²) in [7, 11) is -2.86. The van der Waals surface area contributed by atoms with Crippen LogP contribution in [0.15, 0.2) is 24.3 Å². The number of sulfone groups is 1. The number of nitrogens with two attached hydrogens (primary N) is 1. The second kappa shape index (κ2) is 5.46. The van der Waals surface area contributed by atoms with Gasteiger partial charge in [0, 0.05) is 18.1 Å². The molecule has 1 unspecified atom stereocenters. The number of hydrogen-bond donors (Lipinski definition) is 1. The average Bonchev–Trinajstić information content (AvgIpc) is 2.16. The summed E-state index contributed by atoms with van der Waals surface area (Å²) in [5.41, 5.74) is 8.25. The zero-order valence-electron chi connectivity index (χ0n) is 9.81. The van der Waals surface area contributed by atoms with Crippen LogP contribution < -0.4 is 5.73 Å². The maximum absolute atomic E-state index is 11.0. The first-order chi connectivity index (χ1) is 7.38. The monoisotopic (exact) mass is 241 g/mol. The third kappa shape index (κ3) is 4.77. The molecule has 0 aromatic heterocycles. The van der Waals surface area contributed by atoms with Gasteiger partial charge in [-0.25, -0.2) is 8.42 Å². The van der Waals surface area contributed by atoms with Gasteiger partial charge in [-0.3, -0.25) is 0 Å². The predicted octanol–water partition coefficient (Wildman–Crippen LogP) is 1.82. The molecule has 90 valence electrons. The van der Waals surface area contributed by atoms with Gasteiger partial charge in [-0.05, 0) is 25.3 Å². The molecule has 0 aliphatic carbocycles. The molecule has 0 saturated carbocycles. The van der Waals surface area contributed by atoms with Crippen LogP contribution in [0.4, 0.5) is 0 Å². The Morgan fingerprint density at radius 1 is 1.25 bits per heavy atom. The fraction of sp³-hybridized carbons (Fsp3) is 0.500. The van der Waals surface area contributed by atoms with Crippen molar-refractivity contribution in [2.75, 3.05) is 12.0 Å². The van der Waals surface area contributed by atoms with Crippen molar-refractivity contribution in [1.82, 2.24) is 0 Å². The van der Waals surface area contributed by atoms with Crippen LogP contribution in [0.1, 0.15) is 30.0 Å². The molecular formula is C12H19NO2S. The lowest BCUT2D eigenvalue weighted by Crippen LogP contribution is -2.12. The molecule has 0 radical (unpaired) electrons. The summed E-state index contributed by atoms with van der Waals surface area (Å²) in [6.07, 6.45) is 2.58. The van der Waals surface area contributed by atoms with Gasteiger partial charge in [0.05, 0.1) is 0 Å². The zero-order chi connectivity index (χ0) is 12.2. The Bertz CT molecular complexity index is 423. The molecule has 1 aromatic carbocycles. The van der Waals surface area contributed by atoms with Crippen molar-refractivity contribution in [3.8, 4) is 0 Å². The highest BCUT2D eigenvalue weighted by molar-refractivity contribution is 7.90. The Hall–Kier alpha value is -0.870. The highest BCUT2D eigenvalue weighted by Gasteiger charge is 2.08. The Kier molecular flexibility index (Phi) is 4.50. The molecule has 1 atom stereocenters. The van der Waals surface area contributed by atoms with Gasteiger partial charge in [0.15, 0.2) is 0 Å². The number of aryl methyl sites for hydroxylation is 1. The molecule has 1 rings (SSSR count). The maximum Gasteiger partial charge on any atom is 0.147 e. The summed E-state index contributed by atoms with van der Waals surface area (Å²) >= 11 is 0. The minimum Gasteiger partial charge on any atom is -0.324 e. The summed E-state index contributed by atoms with van der Waals surface area (Å²) < 4.78 is 21.9. The van der Waals surface area contributed by atoms with Crippen LogP contribution in [0, 0.1) is 6.92 Å². The minimum atomic E-state index is -2.86. The van der Waals surface area contributed by atoms with Crippen molar-refractivity contribution in [2.45, 2.75) is 25.8 Å². The van der Waals surface area contributed by atoms with Gasteiger partial charge in [0.25, 0.3) is 0 Å². The van der Waals surface area contributed by atoms with Gasteiger partial charge in [0.1, 0.15) is 9.84 Å². The van der Waals surface area contributed by atoms with Crippen molar-refractivity contribution in [3.05, 3.63) is 35.4 Å². The molecule has 0 amide bonds. The fourth-order valence-electron chi connectivity index (χ4n) is 1.55.